The van der Waals surface area contributed by atoms with Gasteiger partial charge in [-0.05, 0) is 110 Å². The van der Waals surface area contributed by atoms with Crippen molar-refractivity contribution >= 4 is 11.8 Å². The highest BCUT2D eigenvalue weighted by Gasteiger charge is 2.25. The molecule has 2 aliphatic rings. The molecule has 4 aromatic carbocycles. The molecule has 2 amide bonds. The first-order valence-electron chi connectivity index (χ1n) is 17.8. The van der Waals surface area contributed by atoms with Gasteiger partial charge in [-0.2, -0.15) is 0 Å². The third kappa shape index (κ3) is 7.98. The Hall–Kier alpha value is -4.80. The largest absolute Gasteiger partial charge is 0.496 e. The molecule has 8 nitrogen and oxygen atoms in total. The first-order chi connectivity index (χ1) is 24.9. The minimum Gasteiger partial charge on any atom is -0.496 e. The van der Waals surface area contributed by atoms with Gasteiger partial charge in [-0.25, -0.2) is 8.78 Å². The average Bonchev–Trinajstić information content (AvgIpc) is 3.72. The molecule has 0 radical (unpaired) electrons. The minimum atomic E-state index is -0.351. The van der Waals surface area contributed by atoms with Crippen molar-refractivity contribution in [3.05, 3.63) is 94.6 Å². The van der Waals surface area contributed by atoms with Gasteiger partial charge < -0.3 is 20.1 Å². The van der Waals surface area contributed by atoms with Gasteiger partial charge in [0, 0.05) is 62.2 Å². The smallest absolute Gasteiger partial charge is 0.220 e. The zero-order valence-electron chi connectivity index (χ0n) is 30.9. The van der Waals surface area contributed by atoms with Crippen LogP contribution in [0.2, 0.25) is 0 Å². The number of nitrogens with zero attached hydrogens (tertiary/aromatic N) is 2. The number of hydrogen-bond donors (Lipinski definition) is 2. The number of hydrogen-bond acceptors (Lipinski definition) is 6. The lowest BCUT2D eigenvalue weighted by Crippen LogP contribution is -2.36. The van der Waals surface area contributed by atoms with E-state index >= 15 is 8.78 Å². The number of nitrogens with one attached hydrogen (secondary N) is 2. The molecule has 0 unspecified atom stereocenters. The SMILES string of the molecule is COc1cc(-c2cccc(-c3cccc(-c4cc(F)c(CN(C)C[C@@H]5CCC(=O)N5)c(OC)c4)c3C)c2C)cc(F)c1CN(C)C[C@@H]1CCC(=O)N1. The molecule has 2 atom stereocenters. The number of ether oxygens (including phenoxy) is 2. The Labute approximate surface area is 305 Å². The lowest BCUT2D eigenvalue weighted by atomic mass is 9.87. The molecule has 2 N–H and O–H groups in total. The Balaban J connectivity index is 1.27. The topological polar surface area (TPSA) is 83.1 Å². The molecule has 274 valence electrons. The molecule has 10 heteroatoms. The number of carbonyl (C=O) groups excluding carboxylic acids is 2. The van der Waals surface area contributed by atoms with Crippen LogP contribution in [0.4, 0.5) is 8.78 Å². The molecule has 0 saturated carbocycles. The van der Waals surface area contributed by atoms with Crippen molar-refractivity contribution in [3.8, 4) is 44.9 Å². The molecule has 6 rings (SSSR count). The number of rotatable bonds is 13. The van der Waals surface area contributed by atoms with E-state index in [1.165, 1.54) is 0 Å². The van der Waals surface area contributed by atoms with Crippen molar-refractivity contribution < 1.29 is 27.8 Å². The van der Waals surface area contributed by atoms with E-state index in [1.807, 2.05) is 74.1 Å². The molecule has 4 aromatic rings. The zero-order chi connectivity index (χ0) is 37.1. The second-order valence-electron chi connectivity index (χ2n) is 14.2. The van der Waals surface area contributed by atoms with Gasteiger partial charge in [0.05, 0.1) is 14.2 Å². The summed E-state index contributed by atoms with van der Waals surface area (Å²) in [6, 6.07) is 19.0. The summed E-state index contributed by atoms with van der Waals surface area (Å²) in [6.45, 7) is 6.00. The fraction of sp³-hybridized carbons (Fsp3) is 0.381. The molecule has 0 bridgehead atoms. The average molecular weight is 711 g/mol. The second-order valence-corrected chi connectivity index (χ2v) is 14.2. The lowest BCUT2D eigenvalue weighted by Gasteiger charge is -2.23. The van der Waals surface area contributed by atoms with E-state index in [9.17, 15) is 9.59 Å². The summed E-state index contributed by atoms with van der Waals surface area (Å²) in [5, 5.41) is 5.95. The van der Waals surface area contributed by atoms with Crippen molar-refractivity contribution in [2.75, 3.05) is 41.4 Å². The standard InChI is InChI=1S/C42H48F2N4O4/c1-25-31(27-17-37(43)35(39(19-27)51-5)23-47(3)21-29-13-15-41(49)45-29)9-7-11-33(25)34-12-8-10-32(26(34)2)28-18-38(44)36(40(20-28)52-6)24-48(4)22-30-14-16-42(50)46-30/h7-12,17-20,29-30H,13-16,21-24H2,1-6H3,(H,45,49)(H,46,50)/t29-,30-/m0/s1. The van der Waals surface area contributed by atoms with Crippen molar-refractivity contribution in [2.24, 2.45) is 0 Å². The number of methoxy groups -OCH3 is 2. The number of carbonyl (C=O) groups is 2. The summed E-state index contributed by atoms with van der Waals surface area (Å²) in [5.41, 5.74) is 8.05. The third-order valence-corrected chi connectivity index (χ3v) is 10.4. The monoisotopic (exact) mass is 710 g/mol. The van der Waals surface area contributed by atoms with Gasteiger partial charge in [-0.15, -0.1) is 0 Å². The molecule has 2 saturated heterocycles. The quantitative estimate of drug-likeness (QED) is 0.155. The third-order valence-electron chi connectivity index (χ3n) is 10.4. The molecular formula is C42H48F2N4O4. The van der Waals surface area contributed by atoms with Crippen LogP contribution in [0.5, 0.6) is 11.5 Å². The van der Waals surface area contributed by atoms with Gasteiger partial charge in [0.2, 0.25) is 11.8 Å². The summed E-state index contributed by atoms with van der Waals surface area (Å²) in [5.74, 6) is 0.350. The van der Waals surface area contributed by atoms with Crippen molar-refractivity contribution in [1.29, 1.82) is 0 Å². The maximum Gasteiger partial charge on any atom is 0.220 e. The van der Waals surface area contributed by atoms with Crippen LogP contribution in [-0.2, 0) is 22.7 Å². The van der Waals surface area contributed by atoms with Gasteiger partial charge in [-0.3, -0.25) is 19.4 Å². The Morgan fingerprint density at radius 3 is 1.38 bits per heavy atom. The Kier molecular flexibility index (Phi) is 11.3. The highest BCUT2D eigenvalue weighted by molar-refractivity contribution is 5.84. The highest BCUT2D eigenvalue weighted by atomic mass is 19.1. The zero-order valence-corrected chi connectivity index (χ0v) is 30.9. The molecule has 52 heavy (non-hydrogen) atoms. The highest BCUT2D eigenvalue weighted by Crippen LogP contribution is 2.40. The molecule has 0 aliphatic carbocycles. The normalized spacial score (nSPS) is 17.2. The van der Waals surface area contributed by atoms with E-state index in [-0.39, 0.29) is 35.5 Å². The molecule has 0 aromatic heterocycles. The molecular weight excluding hydrogens is 662 g/mol. The summed E-state index contributed by atoms with van der Waals surface area (Å²) >= 11 is 0. The first-order valence-corrected chi connectivity index (χ1v) is 17.8. The van der Waals surface area contributed by atoms with Gasteiger partial charge in [0.1, 0.15) is 23.1 Å². The van der Waals surface area contributed by atoms with Crippen LogP contribution in [0.25, 0.3) is 33.4 Å². The number of halogens is 2. The summed E-state index contributed by atoms with van der Waals surface area (Å²) in [4.78, 5) is 27.3. The van der Waals surface area contributed by atoms with E-state index in [1.54, 1.807) is 26.4 Å². The van der Waals surface area contributed by atoms with Crippen molar-refractivity contribution in [3.63, 3.8) is 0 Å². The molecule has 2 heterocycles. The van der Waals surface area contributed by atoms with Gasteiger partial charge in [0.25, 0.3) is 0 Å². The lowest BCUT2D eigenvalue weighted by molar-refractivity contribution is -0.120. The number of likely N-dealkylation sites (N-methyl/N-ethyl adjacent to an activating group) is 2. The van der Waals surface area contributed by atoms with E-state index in [4.69, 9.17) is 9.47 Å². The molecule has 2 fully saturated rings. The van der Waals surface area contributed by atoms with Crippen LogP contribution in [-0.4, -0.2) is 75.1 Å². The Bertz CT molecular complexity index is 1840. The van der Waals surface area contributed by atoms with Crippen LogP contribution >= 0.6 is 0 Å². The number of benzene rings is 4. The fourth-order valence-corrected chi connectivity index (χ4v) is 7.74. The van der Waals surface area contributed by atoms with E-state index < -0.39 is 0 Å². The van der Waals surface area contributed by atoms with Gasteiger partial charge in [-0.1, -0.05) is 36.4 Å². The van der Waals surface area contributed by atoms with E-state index in [0.717, 1.165) is 46.2 Å². The summed E-state index contributed by atoms with van der Waals surface area (Å²) in [6.07, 6.45) is 2.60. The summed E-state index contributed by atoms with van der Waals surface area (Å²) < 4.78 is 43.1. The predicted molar refractivity (Wildman–Crippen MR) is 200 cm³/mol. The Morgan fingerprint density at radius 1 is 0.654 bits per heavy atom. The second kappa shape index (κ2) is 15.8. The molecule has 2 aliphatic heterocycles. The maximum atomic E-state index is 15.8. The van der Waals surface area contributed by atoms with Gasteiger partial charge in [0.15, 0.2) is 0 Å². The first kappa shape index (κ1) is 37.0. The molecule has 0 spiro atoms. The van der Waals surface area contributed by atoms with Crippen molar-refractivity contribution in [2.45, 2.75) is 64.7 Å². The van der Waals surface area contributed by atoms with Crippen molar-refractivity contribution in [1.82, 2.24) is 20.4 Å². The Morgan fingerprint density at radius 2 is 1.04 bits per heavy atom. The summed E-state index contributed by atoms with van der Waals surface area (Å²) in [7, 11) is 6.94. The fourth-order valence-electron chi connectivity index (χ4n) is 7.74. The van der Waals surface area contributed by atoms with Crippen LogP contribution in [0.1, 0.15) is 47.9 Å². The van der Waals surface area contributed by atoms with E-state index in [2.05, 4.69) is 22.8 Å². The van der Waals surface area contributed by atoms with Crippen LogP contribution in [0.3, 0.4) is 0 Å². The maximum absolute atomic E-state index is 15.8. The minimum absolute atomic E-state index is 0.0577. The van der Waals surface area contributed by atoms with Crippen LogP contribution in [0, 0.1) is 25.5 Å². The van der Waals surface area contributed by atoms with Crippen LogP contribution < -0.4 is 20.1 Å². The predicted octanol–water partition coefficient (Wildman–Crippen LogP) is 7.02. The van der Waals surface area contributed by atoms with Gasteiger partial charge >= 0.3 is 0 Å². The van der Waals surface area contributed by atoms with Crippen LogP contribution in [0.15, 0.2) is 60.7 Å². The number of amides is 2. The van der Waals surface area contributed by atoms with E-state index in [0.29, 0.717) is 72.8 Å².